The third kappa shape index (κ3) is 3.28. The van der Waals surface area contributed by atoms with Crippen molar-refractivity contribution in [1.82, 2.24) is 15.3 Å². The summed E-state index contributed by atoms with van der Waals surface area (Å²) in [5.41, 5.74) is 2.11. The van der Waals surface area contributed by atoms with Gasteiger partial charge in [0.25, 0.3) is 0 Å². The lowest BCUT2D eigenvalue weighted by Gasteiger charge is -2.18. The highest BCUT2D eigenvalue weighted by Gasteiger charge is 2.51. The second-order valence-electron chi connectivity index (χ2n) is 7.27. The van der Waals surface area contributed by atoms with Gasteiger partial charge in [0, 0.05) is 18.8 Å². The van der Waals surface area contributed by atoms with E-state index in [-0.39, 0.29) is 11.7 Å². The molecule has 1 aliphatic heterocycles. The Balaban J connectivity index is 1.45. The summed E-state index contributed by atoms with van der Waals surface area (Å²) in [5.74, 6) is 0.463. The van der Waals surface area contributed by atoms with Gasteiger partial charge in [-0.05, 0) is 56.4 Å². The van der Waals surface area contributed by atoms with Gasteiger partial charge in [-0.15, -0.1) is 0 Å². The number of nitrogens with zero attached hydrogens (tertiary/aromatic N) is 3. The minimum Gasteiger partial charge on any atom is -0.350 e. The van der Waals surface area contributed by atoms with Gasteiger partial charge in [-0.2, -0.15) is 0 Å². The zero-order chi connectivity index (χ0) is 18.1. The molecule has 1 amide bonds. The summed E-state index contributed by atoms with van der Waals surface area (Å²) < 4.78 is 13.2. The number of carbonyl (C=O) groups is 1. The molecule has 0 radical (unpaired) electrons. The van der Waals surface area contributed by atoms with Gasteiger partial charge in [-0.1, -0.05) is 12.1 Å². The van der Waals surface area contributed by atoms with Gasteiger partial charge >= 0.3 is 0 Å². The second kappa shape index (κ2) is 6.67. The van der Waals surface area contributed by atoms with E-state index in [1.54, 1.807) is 12.1 Å². The molecule has 2 aromatic rings. The molecule has 1 N–H and O–H groups in total. The Morgan fingerprint density at radius 3 is 2.54 bits per heavy atom. The third-order valence-electron chi connectivity index (χ3n) is 5.30. The van der Waals surface area contributed by atoms with Gasteiger partial charge in [0.2, 0.25) is 11.9 Å². The molecular weight excluding hydrogens is 331 g/mol. The Labute approximate surface area is 152 Å². The van der Waals surface area contributed by atoms with Gasteiger partial charge in [0.1, 0.15) is 5.82 Å². The van der Waals surface area contributed by atoms with Crippen LogP contribution in [0.2, 0.25) is 0 Å². The molecule has 2 aliphatic rings. The first-order chi connectivity index (χ1) is 12.6. The standard InChI is InChI=1S/C20H23FN4O/c1-14-12-17(24-19(23-14)25-10-2-3-11-25)13-22-18(26)20(8-9-20)15-4-6-16(21)7-5-15/h4-7,12H,2-3,8-11,13H2,1H3,(H,22,26). The maximum absolute atomic E-state index is 13.2. The van der Waals surface area contributed by atoms with E-state index < -0.39 is 5.41 Å². The second-order valence-corrected chi connectivity index (χ2v) is 7.27. The molecule has 1 saturated heterocycles. The SMILES string of the molecule is Cc1cc(CNC(=O)C2(c3ccc(F)cc3)CC2)nc(N2CCCC2)n1. The maximum atomic E-state index is 13.2. The smallest absolute Gasteiger partial charge is 0.230 e. The monoisotopic (exact) mass is 354 g/mol. The number of hydrogen-bond donors (Lipinski definition) is 1. The molecule has 136 valence electrons. The van der Waals surface area contributed by atoms with E-state index in [0.29, 0.717) is 6.54 Å². The highest BCUT2D eigenvalue weighted by atomic mass is 19.1. The normalized spacial score (nSPS) is 18.0. The van der Waals surface area contributed by atoms with Crippen LogP contribution in [0.4, 0.5) is 10.3 Å². The summed E-state index contributed by atoms with van der Waals surface area (Å²) in [6, 6.07) is 8.17. The lowest BCUT2D eigenvalue weighted by Crippen LogP contribution is -2.34. The van der Waals surface area contributed by atoms with Gasteiger partial charge in [0.05, 0.1) is 17.7 Å². The van der Waals surface area contributed by atoms with Gasteiger partial charge in [-0.3, -0.25) is 4.79 Å². The number of carbonyl (C=O) groups excluding carboxylic acids is 1. The molecule has 5 nitrogen and oxygen atoms in total. The Morgan fingerprint density at radius 1 is 1.19 bits per heavy atom. The van der Waals surface area contributed by atoms with Crippen LogP contribution in [0.25, 0.3) is 0 Å². The Kier molecular flexibility index (Phi) is 4.34. The molecule has 1 aliphatic carbocycles. The summed E-state index contributed by atoms with van der Waals surface area (Å²) in [6.45, 7) is 4.31. The average Bonchev–Trinajstić information content (AvgIpc) is 3.25. The van der Waals surface area contributed by atoms with Crippen molar-refractivity contribution in [3.8, 4) is 0 Å². The van der Waals surface area contributed by atoms with Crippen molar-refractivity contribution in [1.29, 1.82) is 0 Å². The molecule has 1 aromatic carbocycles. The predicted octanol–water partition coefficient (Wildman–Crippen LogP) is 2.87. The minimum absolute atomic E-state index is 0.0110. The Hall–Kier alpha value is -2.50. The molecular formula is C20H23FN4O. The van der Waals surface area contributed by atoms with E-state index >= 15 is 0 Å². The molecule has 4 rings (SSSR count). The van der Waals surface area contributed by atoms with Crippen molar-refractivity contribution >= 4 is 11.9 Å². The maximum Gasteiger partial charge on any atom is 0.230 e. The van der Waals surface area contributed by atoms with E-state index in [2.05, 4.69) is 20.2 Å². The number of aryl methyl sites for hydroxylation is 1. The highest BCUT2D eigenvalue weighted by molar-refractivity contribution is 5.91. The summed E-state index contributed by atoms with van der Waals surface area (Å²) in [5, 5.41) is 3.02. The van der Waals surface area contributed by atoms with Crippen molar-refractivity contribution in [2.24, 2.45) is 0 Å². The lowest BCUT2D eigenvalue weighted by atomic mass is 9.95. The van der Waals surface area contributed by atoms with Crippen LogP contribution < -0.4 is 10.2 Å². The van der Waals surface area contributed by atoms with Crippen molar-refractivity contribution in [3.63, 3.8) is 0 Å². The van der Waals surface area contributed by atoms with Crippen LogP contribution in [0.1, 0.15) is 42.6 Å². The highest BCUT2D eigenvalue weighted by Crippen LogP contribution is 2.48. The lowest BCUT2D eigenvalue weighted by molar-refractivity contribution is -0.123. The molecule has 0 bridgehead atoms. The fourth-order valence-corrected chi connectivity index (χ4v) is 3.65. The molecule has 0 unspecified atom stereocenters. The fourth-order valence-electron chi connectivity index (χ4n) is 3.65. The van der Waals surface area contributed by atoms with Gasteiger partial charge < -0.3 is 10.2 Å². The zero-order valence-corrected chi connectivity index (χ0v) is 15.0. The quantitative estimate of drug-likeness (QED) is 0.897. The van der Waals surface area contributed by atoms with Crippen LogP contribution in [0.3, 0.4) is 0 Å². The Bertz CT molecular complexity index is 811. The zero-order valence-electron chi connectivity index (χ0n) is 15.0. The van der Waals surface area contributed by atoms with Gasteiger partial charge in [-0.25, -0.2) is 14.4 Å². The van der Waals surface area contributed by atoms with E-state index in [0.717, 1.165) is 48.8 Å². The number of aromatic nitrogens is 2. The van der Waals surface area contributed by atoms with Crippen LogP contribution in [0.5, 0.6) is 0 Å². The first-order valence-electron chi connectivity index (χ1n) is 9.21. The summed E-state index contributed by atoms with van der Waals surface area (Å²) in [7, 11) is 0. The summed E-state index contributed by atoms with van der Waals surface area (Å²) in [6.07, 6.45) is 3.94. The summed E-state index contributed by atoms with van der Waals surface area (Å²) >= 11 is 0. The van der Waals surface area contributed by atoms with Crippen molar-refractivity contribution in [2.45, 2.75) is 44.6 Å². The molecule has 1 aromatic heterocycles. The topological polar surface area (TPSA) is 58.1 Å². The number of anilines is 1. The van der Waals surface area contributed by atoms with Crippen LogP contribution >= 0.6 is 0 Å². The van der Waals surface area contributed by atoms with E-state index in [4.69, 9.17) is 0 Å². The minimum atomic E-state index is -0.506. The number of benzene rings is 1. The summed E-state index contributed by atoms with van der Waals surface area (Å²) in [4.78, 5) is 24.1. The molecule has 26 heavy (non-hydrogen) atoms. The van der Waals surface area contributed by atoms with Crippen LogP contribution in [0.15, 0.2) is 30.3 Å². The van der Waals surface area contributed by atoms with E-state index in [1.807, 2.05) is 13.0 Å². The van der Waals surface area contributed by atoms with Crippen LogP contribution in [0, 0.1) is 12.7 Å². The molecule has 1 saturated carbocycles. The molecule has 0 atom stereocenters. The largest absolute Gasteiger partial charge is 0.350 e. The number of amides is 1. The van der Waals surface area contributed by atoms with Crippen molar-refractivity contribution in [2.75, 3.05) is 18.0 Å². The average molecular weight is 354 g/mol. The molecule has 2 heterocycles. The third-order valence-corrected chi connectivity index (χ3v) is 5.30. The first-order valence-corrected chi connectivity index (χ1v) is 9.21. The molecule has 0 spiro atoms. The number of hydrogen-bond acceptors (Lipinski definition) is 4. The predicted molar refractivity (Wildman–Crippen MR) is 97.4 cm³/mol. The fraction of sp³-hybridized carbons (Fsp3) is 0.450. The molecule has 6 heteroatoms. The number of nitrogens with one attached hydrogen (secondary N) is 1. The van der Waals surface area contributed by atoms with Gasteiger partial charge in [0.15, 0.2) is 0 Å². The van der Waals surface area contributed by atoms with Crippen molar-refractivity contribution < 1.29 is 9.18 Å². The number of halogens is 1. The number of rotatable bonds is 5. The first kappa shape index (κ1) is 16.9. The molecule has 2 fully saturated rings. The van der Waals surface area contributed by atoms with E-state index in [1.165, 1.54) is 25.0 Å². The Morgan fingerprint density at radius 2 is 1.88 bits per heavy atom. The van der Waals surface area contributed by atoms with Crippen LogP contribution in [-0.4, -0.2) is 29.0 Å². The van der Waals surface area contributed by atoms with E-state index in [9.17, 15) is 9.18 Å². The van der Waals surface area contributed by atoms with Crippen molar-refractivity contribution in [3.05, 3.63) is 53.1 Å². The van der Waals surface area contributed by atoms with Crippen LogP contribution in [-0.2, 0) is 16.8 Å².